The molecule has 0 saturated carbocycles. The van der Waals surface area contributed by atoms with Crippen molar-refractivity contribution in [2.75, 3.05) is 7.11 Å². The largest absolute Gasteiger partial charge is 0.497 e. The van der Waals surface area contributed by atoms with Crippen LogP contribution in [0.5, 0.6) is 5.75 Å². The van der Waals surface area contributed by atoms with E-state index in [1.54, 1.807) is 19.5 Å². The molecule has 122 valence electrons. The number of hydrogen-bond acceptors (Lipinski definition) is 3. The zero-order valence-electron chi connectivity index (χ0n) is 13.7. The van der Waals surface area contributed by atoms with Crippen molar-refractivity contribution < 1.29 is 9.53 Å². The van der Waals surface area contributed by atoms with Crippen molar-refractivity contribution in [2.45, 2.75) is 6.54 Å². The molecule has 0 fully saturated rings. The van der Waals surface area contributed by atoms with Crippen LogP contribution in [-0.2, 0) is 13.6 Å². The highest BCUT2D eigenvalue weighted by Crippen LogP contribution is 2.21. The van der Waals surface area contributed by atoms with E-state index < -0.39 is 0 Å². The molecule has 0 radical (unpaired) electrons. The zero-order chi connectivity index (χ0) is 16.9. The predicted molar refractivity (Wildman–Crippen MR) is 92.8 cm³/mol. The first-order chi connectivity index (χ1) is 11.7. The van der Waals surface area contributed by atoms with Gasteiger partial charge in [-0.25, -0.2) is 0 Å². The van der Waals surface area contributed by atoms with Crippen LogP contribution in [0, 0.1) is 0 Å². The van der Waals surface area contributed by atoms with Crippen molar-refractivity contribution in [2.24, 2.45) is 7.05 Å². The molecule has 0 aliphatic heterocycles. The smallest absolute Gasteiger partial charge is 0.268 e. The molecule has 3 rings (SSSR count). The Morgan fingerprint density at radius 2 is 1.83 bits per heavy atom. The Bertz CT molecular complexity index is 824. The van der Waals surface area contributed by atoms with Gasteiger partial charge >= 0.3 is 0 Å². The van der Waals surface area contributed by atoms with Gasteiger partial charge in [0, 0.05) is 37.7 Å². The van der Waals surface area contributed by atoms with Gasteiger partial charge in [0.05, 0.1) is 7.11 Å². The highest BCUT2D eigenvalue weighted by atomic mass is 16.5. The molecule has 0 spiro atoms. The number of aromatic nitrogens is 2. The molecular formula is C19H19N3O2. The Hall–Kier alpha value is -3.08. The topological polar surface area (TPSA) is 56.1 Å². The molecule has 0 unspecified atom stereocenters. The number of benzene rings is 1. The van der Waals surface area contributed by atoms with Crippen LogP contribution in [-0.4, -0.2) is 22.6 Å². The molecule has 3 aromatic rings. The maximum Gasteiger partial charge on any atom is 0.268 e. The number of carbonyl (C=O) groups is 1. The number of pyridine rings is 1. The van der Waals surface area contributed by atoms with Gasteiger partial charge < -0.3 is 14.6 Å². The number of carbonyl (C=O) groups excluding carboxylic acids is 1. The van der Waals surface area contributed by atoms with E-state index in [9.17, 15) is 4.79 Å². The van der Waals surface area contributed by atoms with E-state index in [1.165, 1.54) is 0 Å². The van der Waals surface area contributed by atoms with E-state index >= 15 is 0 Å². The number of nitrogens with one attached hydrogen (secondary N) is 1. The van der Waals surface area contributed by atoms with E-state index in [0.717, 1.165) is 22.4 Å². The number of nitrogens with zero attached hydrogens (tertiary/aromatic N) is 2. The SMILES string of the molecule is COc1ccc(CNC(=O)c2cc(-c3ccncc3)cn2C)cc1. The minimum absolute atomic E-state index is 0.103. The van der Waals surface area contributed by atoms with Crippen LogP contribution in [0.2, 0.25) is 0 Å². The standard InChI is InChI=1S/C19H19N3O2/c1-22-13-16(15-7-9-20-10-8-15)11-18(22)19(23)21-12-14-3-5-17(24-2)6-4-14/h3-11,13H,12H2,1-2H3,(H,21,23). The Kier molecular flexibility index (Phi) is 4.61. The number of methoxy groups -OCH3 is 1. The maximum absolute atomic E-state index is 12.4. The summed E-state index contributed by atoms with van der Waals surface area (Å²) in [5, 5.41) is 2.95. The lowest BCUT2D eigenvalue weighted by atomic mass is 10.1. The first-order valence-corrected chi connectivity index (χ1v) is 7.65. The van der Waals surface area contributed by atoms with Crippen LogP contribution >= 0.6 is 0 Å². The molecule has 0 saturated heterocycles. The molecular weight excluding hydrogens is 302 g/mol. The average Bonchev–Trinajstić information content (AvgIpc) is 3.03. The lowest BCUT2D eigenvalue weighted by Crippen LogP contribution is -2.24. The lowest BCUT2D eigenvalue weighted by Gasteiger charge is -2.07. The monoisotopic (exact) mass is 321 g/mol. The molecule has 0 bridgehead atoms. The van der Waals surface area contributed by atoms with Crippen molar-refractivity contribution in [3.63, 3.8) is 0 Å². The number of aryl methyl sites for hydroxylation is 1. The quantitative estimate of drug-likeness (QED) is 0.786. The van der Waals surface area contributed by atoms with Gasteiger partial charge in [-0.2, -0.15) is 0 Å². The third-order valence-corrected chi connectivity index (χ3v) is 3.86. The third kappa shape index (κ3) is 3.46. The highest BCUT2D eigenvalue weighted by Gasteiger charge is 2.12. The molecule has 1 N–H and O–H groups in total. The predicted octanol–water partition coefficient (Wildman–Crippen LogP) is 3.03. The van der Waals surface area contributed by atoms with E-state index in [4.69, 9.17) is 4.74 Å². The summed E-state index contributed by atoms with van der Waals surface area (Å²) in [5.41, 5.74) is 3.67. The number of amides is 1. The molecule has 0 atom stereocenters. The van der Waals surface area contributed by atoms with Gasteiger partial charge in [0.15, 0.2) is 0 Å². The van der Waals surface area contributed by atoms with Crippen molar-refractivity contribution in [3.8, 4) is 16.9 Å². The second-order valence-electron chi connectivity index (χ2n) is 5.49. The van der Waals surface area contributed by atoms with Gasteiger partial charge in [-0.15, -0.1) is 0 Å². The summed E-state index contributed by atoms with van der Waals surface area (Å²) in [6.07, 6.45) is 5.43. The number of rotatable bonds is 5. The molecule has 2 heterocycles. The van der Waals surface area contributed by atoms with Gasteiger partial charge in [0.25, 0.3) is 5.91 Å². The van der Waals surface area contributed by atoms with Gasteiger partial charge in [-0.1, -0.05) is 12.1 Å². The summed E-state index contributed by atoms with van der Waals surface area (Å²) in [4.78, 5) is 16.5. The lowest BCUT2D eigenvalue weighted by molar-refractivity contribution is 0.0943. The normalized spacial score (nSPS) is 10.4. The fraction of sp³-hybridized carbons (Fsp3) is 0.158. The van der Waals surface area contributed by atoms with Crippen LogP contribution in [0.1, 0.15) is 16.1 Å². The van der Waals surface area contributed by atoms with Crippen LogP contribution < -0.4 is 10.1 Å². The minimum atomic E-state index is -0.103. The van der Waals surface area contributed by atoms with Gasteiger partial charge in [0.1, 0.15) is 11.4 Å². The van der Waals surface area contributed by atoms with Crippen molar-refractivity contribution in [1.29, 1.82) is 0 Å². The summed E-state index contributed by atoms with van der Waals surface area (Å²) < 4.78 is 6.96. The van der Waals surface area contributed by atoms with Crippen molar-refractivity contribution in [3.05, 3.63) is 72.3 Å². The van der Waals surface area contributed by atoms with E-state index in [-0.39, 0.29) is 5.91 Å². The minimum Gasteiger partial charge on any atom is -0.497 e. The summed E-state index contributed by atoms with van der Waals surface area (Å²) in [6, 6.07) is 13.4. The van der Waals surface area contributed by atoms with E-state index in [0.29, 0.717) is 12.2 Å². The Morgan fingerprint density at radius 3 is 2.50 bits per heavy atom. The number of hydrogen-bond donors (Lipinski definition) is 1. The molecule has 1 aromatic carbocycles. The molecule has 5 nitrogen and oxygen atoms in total. The summed E-state index contributed by atoms with van der Waals surface area (Å²) in [6.45, 7) is 0.471. The van der Waals surface area contributed by atoms with Crippen molar-refractivity contribution >= 4 is 5.91 Å². The van der Waals surface area contributed by atoms with Crippen molar-refractivity contribution in [1.82, 2.24) is 14.9 Å². The van der Waals surface area contributed by atoms with Gasteiger partial charge in [0.2, 0.25) is 0 Å². The Labute approximate surface area is 140 Å². The van der Waals surface area contributed by atoms with Crippen LogP contribution in [0.25, 0.3) is 11.1 Å². The molecule has 0 aliphatic rings. The van der Waals surface area contributed by atoms with Gasteiger partial charge in [-0.05, 0) is 41.5 Å². The second kappa shape index (κ2) is 7.00. The second-order valence-corrected chi connectivity index (χ2v) is 5.49. The van der Waals surface area contributed by atoms with E-state index in [2.05, 4.69) is 10.3 Å². The molecule has 2 aromatic heterocycles. The Balaban J connectivity index is 1.69. The fourth-order valence-electron chi connectivity index (χ4n) is 2.51. The summed E-state index contributed by atoms with van der Waals surface area (Å²) >= 11 is 0. The number of ether oxygens (including phenoxy) is 1. The Morgan fingerprint density at radius 1 is 1.12 bits per heavy atom. The fourth-order valence-corrected chi connectivity index (χ4v) is 2.51. The molecule has 0 aliphatic carbocycles. The van der Waals surface area contributed by atoms with Crippen LogP contribution in [0.4, 0.5) is 0 Å². The average molecular weight is 321 g/mol. The first-order valence-electron chi connectivity index (χ1n) is 7.65. The van der Waals surface area contributed by atoms with Gasteiger partial charge in [-0.3, -0.25) is 9.78 Å². The molecule has 5 heteroatoms. The van der Waals surface area contributed by atoms with Crippen LogP contribution in [0.3, 0.4) is 0 Å². The maximum atomic E-state index is 12.4. The summed E-state index contributed by atoms with van der Waals surface area (Å²) in [5.74, 6) is 0.697. The van der Waals surface area contributed by atoms with E-state index in [1.807, 2.05) is 60.3 Å². The highest BCUT2D eigenvalue weighted by molar-refractivity contribution is 5.94. The first kappa shape index (κ1) is 15.8. The molecule has 24 heavy (non-hydrogen) atoms. The van der Waals surface area contributed by atoms with Crippen LogP contribution in [0.15, 0.2) is 61.1 Å². The zero-order valence-corrected chi connectivity index (χ0v) is 13.7. The third-order valence-electron chi connectivity index (χ3n) is 3.86. The molecule has 1 amide bonds. The summed E-state index contributed by atoms with van der Waals surface area (Å²) in [7, 11) is 3.50.